The molecule has 1 atom stereocenters. The largest absolute Gasteiger partial charge is 0.369 e. The summed E-state index contributed by atoms with van der Waals surface area (Å²) in [5, 5.41) is 12.8. The Morgan fingerprint density at radius 2 is 2.00 bits per heavy atom. The van der Waals surface area contributed by atoms with Gasteiger partial charge in [0.05, 0.1) is 11.2 Å². The molecule has 1 unspecified atom stereocenters. The van der Waals surface area contributed by atoms with Gasteiger partial charge in [-0.1, -0.05) is 25.8 Å². The Morgan fingerprint density at radius 3 is 2.63 bits per heavy atom. The number of benzene rings is 1. The van der Waals surface area contributed by atoms with Crippen LogP contribution in [0.4, 0.5) is 8.78 Å². The van der Waals surface area contributed by atoms with Gasteiger partial charge >= 0.3 is 0 Å². The second-order valence-corrected chi connectivity index (χ2v) is 8.04. The van der Waals surface area contributed by atoms with Crippen LogP contribution < -0.4 is 10.0 Å². The van der Waals surface area contributed by atoms with E-state index in [-0.39, 0.29) is 22.2 Å². The van der Waals surface area contributed by atoms with Crippen molar-refractivity contribution in [2.45, 2.75) is 49.3 Å². The number of hydrogen-bond acceptors (Lipinski definition) is 4. The zero-order valence-corrected chi connectivity index (χ0v) is 15.7. The van der Waals surface area contributed by atoms with Gasteiger partial charge in [0, 0.05) is 17.3 Å². The molecule has 3 N–H and O–H groups in total. The SMILES string of the molecule is C=C/C(=C\C=C\F)NC(O)c1cc(S(=O)(=O)NC2CCCCC2)ccc1F. The Balaban J connectivity index is 2.22. The number of aliphatic hydroxyl groups is 1. The Kier molecular flexibility index (Phi) is 7.70. The number of rotatable bonds is 8. The summed E-state index contributed by atoms with van der Waals surface area (Å²) in [6.45, 7) is 3.51. The standard InChI is InChI=1S/C19H24F2N2O3S/c1-2-14(9-6-12-20)22-19(24)17-13-16(10-11-18(17)21)27(25,26)23-15-7-4-3-5-8-15/h2,6,9-13,15,19,22-24H,1,3-5,7-8H2/b12-6+,14-9+. The smallest absolute Gasteiger partial charge is 0.240 e. The molecule has 0 spiro atoms. The third-order valence-electron chi connectivity index (χ3n) is 4.37. The number of aliphatic hydroxyl groups excluding tert-OH is 1. The van der Waals surface area contributed by atoms with Gasteiger partial charge in [-0.2, -0.15) is 0 Å². The van der Waals surface area contributed by atoms with Crippen molar-refractivity contribution >= 4 is 10.0 Å². The van der Waals surface area contributed by atoms with Crippen LogP contribution in [0, 0.1) is 5.82 Å². The summed E-state index contributed by atoms with van der Waals surface area (Å²) in [6.07, 6.45) is 7.00. The first-order chi connectivity index (χ1) is 12.9. The Morgan fingerprint density at radius 1 is 1.30 bits per heavy atom. The van der Waals surface area contributed by atoms with Crippen LogP contribution in [0.2, 0.25) is 0 Å². The minimum atomic E-state index is -3.83. The minimum absolute atomic E-state index is 0.127. The van der Waals surface area contributed by atoms with E-state index < -0.39 is 22.1 Å². The van der Waals surface area contributed by atoms with Crippen molar-refractivity contribution in [2.75, 3.05) is 0 Å². The third-order valence-corrected chi connectivity index (χ3v) is 5.89. The van der Waals surface area contributed by atoms with Gasteiger partial charge in [0.15, 0.2) is 6.23 Å². The first-order valence-corrected chi connectivity index (χ1v) is 10.2. The van der Waals surface area contributed by atoms with Crippen molar-refractivity contribution in [1.82, 2.24) is 10.0 Å². The normalized spacial score (nSPS) is 17.8. The highest BCUT2D eigenvalue weighted by Crippen LogP contribution is 2.23. The average Bonchev–Trinajstić information content (AvgIpc) is 2.65. The minimum Gasteiger partial charge on any atom is -0.369 e. The molecule has 0 amide bonds. The van der Waals surface area contributed by atoms with Crippen molar-refractivity contribution in [3.05, 3.63) is 66.4 Å². The van der Waals surface area contributed by atoms with Crippen LogP contribution in [0.3, 0.4) is 0 Å². The highest BCUT2D eigenvalue weighted by Gasteiger charge is 2.24. The van der Waals surface area contributed by atoms with Crippen LogP contribution in [0.1, 0.15) is 43.9 Å². The number of halogens is 2. The van der Waals surface area contributed by atoms with Crippen LogP contribution >= 0.6 is 0 Å². The molecular weight excluding hydrogens is 374 g/mol. The summed E-state index contributed by atoms with van der Waals surface area (Å²) in [7, 11) is -3.83. The van der Waals surface area contributed by atoms with Crippen LogP contribution in [0.25, 0.3) is 0 Å². The molecule has 0 aliphatic heterocycles. The van der Waals surface area contributed by atoms with Gasteiger partial charge in [0.25, 0.3) is 0 Å². The van der Waals surface area contributed by atoms with Crippen LogP contribution in [0.15, 0.2) is 59.9 Å². The molecule has 1 aromatic carbocycles. The quantitative estimate of drug-likeness (QED) is 0.462. The molecule has 1 aromatic rings. The highest BCUT2D eigenvalue weighted by molar-refractivity contribution is 7.89. The molecule has 148 valence electrons. The van der Waals surface area contributed by atoms with Crippen molar-refractivity contribution in [3.63, 3.8) is 0 Å². The number of sulfonamides is 1. The summed E-state index contributed by atoms with van der Waals surface area (Å²) in [4.78, 5) is -0.127. The highest BCUT2D eigenvalue weighted by atomic mass is 32.2. The Bertz CT molecular complexity index is 816. The first-order valence-electron chi connectivity index (χ1n) is 8.73. The third kappa shape index (κ3) is 5.98. The van der Waals surface area contributed by atoms with E-state index in [0.717, 1.165) is 56.4 Å². The van der Waals surface area contributed by atoms with E-state index in [0.29, 0.717) is 6.33 Å². The topological polar surface area (TPSA) is 78.4 Å². The van der Waals surface area contributed by atoms with Crippen molar-refractivity contribution in [1.29, 1.82) is 0 Å². The van der Waals surface area contributed by atoms with Crippen molar-refractivity contribution < 1.29 is 22.3 Å². The molecule has 8 heteroatoms. The molecule has 27 heavy (non-hydrogen) atoms. The molecule has 1 fully saturated rings. The summed E-state index contributed by atoms with van der Waals surface area (Å²) in [5.41, 5.74) is 0.00267. The monoisotopic (exact) mass is 398 g/mol. The van der Waals surface area contributed by atoms with E-state index >= 15 is 0 Å². The van der Waals surface area contributed by atoms with E-state index in [2.05, 4.69) is 16.6 Å². The van der Waals surface area contributed by atoms with Crippen LogP contribution in [-0.2, 0) is 10.0 Å². The maximum Gasteiger partial charge on any atom is 0.240 e. The van der Waals surface area contributed by atoms with E-state index in [1.165, 1.54) is 12.2 Å². The number of hydrogen-bond donors (Lipinski definition) is 3. The molecule has 5 nitrogen and oxygen atoms in total. The van der Waals surface area contributed by atoms with Crippen LogP contribution in [0.5, 0.6) is 0 Å². The van der Waals surface area contributed by atoms with Crippen molar-refractivity contribution in [3.8, 4) is 0 Å². The zero-order chi connectivity index (χ0) is 19.9. The molecule has 0 saturated heterocycles. The van der Waals surface area contributed by atoms with Gasteiger partial charge in [0.1, 0.15) is 5.82 Å². The fourth-order valence-electron chi connectivity index (χ4n) is 2.96. The fourth-order valence-corrected chi connectivity index (χ4v) is 4.30. The van der Waals surface area contributed by atoms with Gasteiger partial charge < -0.3 is 10.4 Å². The van der Waals surface area contributed by atoms with Gasteiger partial charge in [0.2, 0.25) is 10.0 Å². The molecule has 1 saturated carbocycles. The number of nitrogens with one attached hydrogen (secondary N) is 2. The summed E-state index contributed by atoms with van der Waals surface area (Å²) in [5.74, 6) is -0.768. The molecule has 1 aliphatic carbocycles. The number of allylic oxidation sites excluding steroid dienone is 3. The predicted molar refractivity (Wildman–Crippen MR) is 100 cm³/mol. The molecule has 0 bridgehead atoms. The van der Waals surface area contributed by atoms with Crippen molar-refractivity contribution in [2.24, 2.45) is 0 Å². The second-order valence-electron chi connectivity index (χ2n) is 6.33. The molecular formula is C19H24F2N2O3S. The van der Waals surface area contributed by atoms with E-state index in [1.54, 1.807) is 0 Å². The summed E-state index contributed by atoms with van der Waals surface area (Å²) >= 11 is 0. The second kappa shape index (κ2) is 9.77. The Hall–Kier alpha value is -2.03. The van der Waals surface area contributed by atoms with E-state index in [9.17, 15) is 22.3 Å². The summed E-state index contributed by atoms with van der Waals surface area (Å²) in [6, 6.07) is 3.11. The van der Waals surface area contributed by atoms with Gasteiger partial charge in [-0.25, -0.2) is 21.9 Å². The molecule has 1 aliphatic rings. The van der Waals surface area contributed by atoms with Gasteiger partial charge in [-0.3, -0.25) is 0 Å². The average molecular weight is 398 g/mol. The maximum atomic E-state index is 14.1. The first kappa shape index (κ1) is 21.3. The molecule has 0 heterocycles. The van der Waals surface area contributed by atoms with Gasteiger partial charge in [-0.05, 0) is 49.3 Å². The zero-order valence-electron chi connectivity index (χ0n) is 14.9. The van der Waals surface area contributed by atoms with E-state index in [1.807, 2.05) is 0 Å². The summed E-state index contributed by atoms with van der Waals surface area (Å²) < 4.78 is 54.1. The predicted octanol–water partition coefficient (Wildman–Crippen LogP) is 3.57. The van der Waals surface area contributed by atoms with Crippen LogP contribution in [-0.4, -0.2) is 19.6 Å². The lowest BCUT2D eigenvalue weighted by Crippen LogP contribution is -2.36. The van der Waals surface area contributed by atoms with Gasteiger partial charge in [-0.15, -0.1) is 0 Å². The fraction of sp³-hybridized carbons (Fsp3) is 0.368. The Labute approximate surface area is 158 Å². The lowest BCUT2D eigenvalue weighted by atomic mass is 9.96. The lowest BCUT2D eigenvalue weighted by Gasteiger charge is -2.23. The lowest BCUT2D eigenvalue weighted by molar-refractivity contribution is 0.148. The molecule has 2 rings (SSSR count). The van der Waals surface area contributed by atoms with E-state index in [4.69, 9.17) is 0 Å². The molecule has 0 radical (unpaired) electrons. The maximum absolute atomic E-state index is 14.1. The molecule has 0 aromatic heterocycles.